The van der Waals surface area contributed by atoms with E-state index in [0.29, 0.717) is 19.0 Å². The van der Waals surface area contributed by atoms with Crippen LogP contribution in [0.5, 0.6) is 5.75 Å². The van der Waals surface area contributed by atoms with Crippen LogP contribution in [0.4, 0.5) is 4.79 Å². The van der Waals surface area contributed by atoms with Gasteiger partial charge in [-0.1, -0.05) is 18.2 Å². The minimum Gasteiger partial charge on any atom is -0.491 e. The van der Waals surface area contributed by atoms with Crippen LogP contribution in [0.15, 0.2) is 30.6 Å². The van der Waals surface area contributed by atoms with E-state index in [0.717, 1.165) is 11.3 Å². The molecule has 1 N–H and O–H groups in total. The number of urea groups is 1. The zero-order chi connectivity index (χ0) is 16.8. The Hall–Kier alpha value is -2.57. The largest absolute Gasteiger partial charge is 0.491 e. The first-order chi connectivity index (χ1) is 11.0. The number of benzene rings is 1. The number of hydrogen-bond acceptors (Lipinski definition) is 4. The van der Waals surface area contributed by atoms with Gasteiger partial charge in [0.1, 0.15) is 18.7 Å². The molecule has 1 heterocycles. The van der Waals surface area contributed by atoms with E-state index < -0.39 is 0 Å². The normalized spacial score (nSPS) is 11.8. The Morgan fingerprint density at radius 1 is 1.43 bits per heavy atom. The Labute approximate surface area is 136 Å². The van der Waals surface area contributed by atoms with Crippen LogP contribution >= 0.6 is 0 Å². The topological polar surface area (TPSA) is 72.3 Å². The predicted octanol–water partition coefficient (Wildman–Crippen LogP) is 1.90. The molecule has 0 aliphatic rings. The van der Waals surface area contributed by atoms with Crippen molar-refractivity contribution in [2.24, 2.45) is 7.05 Å². The molecule has 0 aliphatic heterocycles. The van der Waals surface area contributed by atoms with Crippen molar-refractivity contribution in [3.63, 3.8) is 0 Å². The van der Waals surface area contributed by atoms with E-state index in [9.17, 15) is 4.79 Å². The first kappa shape index (κ1) is 16.8. The number of aryl methyl sites for hydroxylation is 2. The summed E-state index contributed by atoms with van der Waals surface area (Å²) in [7, 11) is 3.58. The van der Waals surface area contributed by atoms with Gasteiger partial charge in [-0.05, 0) is 25.5 Å². The number of ether oxygens (including phenoxy) is 1. The van der Waals surface area contributed by atoms with Gasteiger partial charge in [0.15, 0.2) is 5.82 Å². The van der Waals surface area contributed by atoms with Gasteiger partial charge in [-0.3, -0.25) is 0 Å². The van der Waals surface area contributed by atoms with Crippen LogP contribution in [-0.2, 0) is 7.05 Å². The van der Waals surface area contributed by atoms with Crippen LogP contribution in [0.25, 0.3) is 0 Å². The zero-order valence-corrected chi connectivity index (χ0v) is 14.0. The van der Waals surface area contributed by atoms with Crippen molar-refractivity contribution in [1.82, 2.24) is 25.0 Å². The van der Waals surface area contributed by atoms with Crippen LogP contribution in [0, 0.1) is 6.92 Å². The number of amides is 2. The number of aromatic nitrogens is 3. The second kappa shape index (κ2) is 7.62. The molecule has 0 fully saturated rings. The molecule has 0 spiro atoms. The predicted molar refractivity (Wildman–Crippen MR) is 87.3 cm³/mol. The SMILES string of the molecule is Cc1ccccc1OCCN(C)C(=O)N[C@@H](C)c1nncn1C. The molecule has 1 aromatic carbocycles. The Bertz CT molecular complexity index is 655. The molecule has 0 aliphatic carbocycles. The fraction of sp³-hybridized carbons (Fsp3) is 0.438. The maximum absolute atomic E-state index is 12.2. The van der Waals surface area contributed by atoms with E-state index >= 15 is 0 Å². The van der Waals surface area contributed by atoms with E-state index in [1.54, 1.807) is 22.8 Å². The molecule has 2 amide bonds. The van der Waals surface area contributed by atoms with Crippen LogP contribution in [-0.4, -0.2) is 45.9 Å². The summed E-state index contributed by atoms with van der Waals surface area (Å²) in [6.45, 7) is 4.80. The quantitative estimate of drug-likeness (QED) is 0.883. The summed E-state index contributed by atoms with van der Waals surface area (Å²) in [5.41, 5.74) is 1.08. The molecule has 0 radical (unpaired) electrons. The summed E-state index contributed by atoms with van der Waals surface area (Å²) in [4.78, 5) is 13.8. The van der Waals surface area contributed by atoms with Gasteiger partial charge < -0.3 is 19.5 Å². The first-order valence-corrected chi connectivity index (χ1v) is 7.53. The maximum Gasteiger partial charge on any atom is 0.317 e. The fourth-order valence-corrected chi connectivity index (χ4v) is 2.16. The van der Waals surface area contributed by atoms with E-state index in [2.05, 4.69) is 15.5 Å². The number of para-hydroxylation sites is 1. The summed E-state index contributed by atoms with van der Waals surface area (Å²) in [5.74, 6) is 1.55. The number of nitrogens with zero attached hydrogens (tertiary/aromatic N) is 4. The molecule has 124 valence electrons. The summed E-state index contributed by atoms with van der Waals surface area (Å²) >= 11 is 0. The second-order valence-electron chi connectivity index (χ2n) is 5.51. The summed E-state index contributed by atoms with van der Waals surface area (Å²) in [5, 5.41) is 10.7. The summed E-state index contributed by atoms with van der Waals surface area (Å²) < 4.78 is 7.49. The summed E-state index contributed by atoms with van der Waals surface area (Å²) in [6.07, 6.45) is 1.61. The molecular weight excluding hydrogens is 294 g/mol. The highest BCUT2D eigenvalue weighted by molar-refractivity contribution is 5.74. The van der Waals surface area contributed by atoms with Crippen molar-refractivity contribution in [3.05, 3.63) is 42.0 Å². The lowest BCUT2D eigenvalue weighted by Crippen LogP contribution is -2.41. The third-order valence-corrected chi connectivity index (χ3v) is 3.60. The lowest BCUT2D eigenvalue weighted by molar-refractivity contribution is 0.191. The second-order valence-corrected chi connectivity index (χ2v) is 5.51. The average molecular weight is 317 g/mol. The smallest absolute Gasteiger partial charge is 0.317 e. The molecular formula is C16H23N5O2. The van der Waals surface area contributed by atoms with Gasteiger partial charge in [0.2, 0.25) is 0 Å². The fourth-order valence-electron chi connectivity index (χ4n) is 2.16. The minimum atomic E-state index is -0.213. The van der Waals surface area contributed by atoms with Crippen molar-refractivity contribution in [2.45, 2.75) is 19.9 Å². The summed E-state index contributed by atoms with van der Waals surface area (Å²) in [6, 6.07) is 7.43. The van der Waals surface area contributed by atoms with Crippen molar-refractivity contribution in [1.29, 1.82) is 0 Å². The number of carbonyl (C=O) groups is 1. The van der Waals surface area contributed by atoms with Crippen LogP contribution in [0.1, 0.15) is 24.4 Å². The van der Waals surface area contributed by atoms with E-state index in [1.165, 1.54) is 0 Å². The van der Waals surface area contributed by atoms with E-state index in [1.807, 2.05) is 45.2 Å². The molecule has 0 saturated heterocycles. The van der Waals surface area contributed by atoms with E-state index in [-0.39, 0.29) is 12.1 Å². The Morgan fingerprint density at radius 2 is 2.17 bits per heavy atom. The molecule has 1 aromatic heterocycles. The first-order valence-electron chi connectivity index (χ1n) is 7.53. The van der Waals surface area contributed by atoms with Gasteiger partial charge >= 0.3 is 6.03 Å². The lowest BCUT2D eigenvalue weighted by Gasteiger charge is -2.21. The van der Waals surface area contributed by atoms with E-state index in [4.69, 9.17) is 4.74 Å². The highest BCUT2D eigenvalue weighted by Gasteiger charge is 2.16. The number of hydrogen-bond donors (Lipinski definition) is 1. The standard InChI is InChI=1S/C16H23N5O2/c1-12-7-5-6-8-14(12)23-10-9-20(3)16(22)18-13(2)15-19-17-11-21(15)4/h5-8,11,13H,9-10H2,1-4H3,(H,18,22)/t13-/m0/s1. The average Bonchev–Trinajstić information content (AvgIpc) is 2.95. The van der Waals surface area contributed by atoms with Gasteiger partial charge in [0.05, 0.1) is 12.6 Å². The van der Waals surface area contributed by atoms with Crippen LogP contribution in [0.3, 0.4) is 0 Å². The molecule has 2 aromatic rings. The van der Waals surface area contributed by atoms with Gasteiger partial charge in [0.25, 0.3) is 0 Å². The third-order valence-electron chi connectivity index (χ3n) is 3.60. The van der Waals surface area contributed by atoms with Gasteiger partial charge in [-0.2, -0.15) is 0 Å². The molecule has 1 atom stereocenters. The third kappa shape index (κ3) is 4.45. The Balaban J connectivity index is 1.79. The highest BCUT2D eigenvalue weighted by Crippen LogP contribution is 2.15. The van der Waals surface area contributed by atoms with Crippen LogP contribution < -0.4 is 10.1 Å². The molecule has 0 saturated carbocycles. The highest BCUT2D eigenvalue weighted by atomic mass is 16.5. The molecule has 7 heteroatoms. The zero-order valence-electron chi connectivity index (χ0n) is 14.0. The van der Waals surface area contributed by atoms with Crippen molar-refractivity contribution < 1.29 is 9.53 Å². The van der Waals surface area contributed by atoms with Crippen molar-refractivity contribution in [2.75, 3.05) is 20.2 Å². The molecule has 0 bridgehead atoms. The molecule has 7 nitrogen and oxygen atoms in total. The number of nitrogens with one attached hydrogen (secondary N) is 1. The van der Waals surface area contributed by atoms with Gasteiger partial charge in [-0.15, -0.1) is 10.2 Å². The van der Waals surface area contributed by atoms with Crippen molar-refractivity contribution in [3.8, 4) is 5.75 Å². The van der Waals surface area contributed by atoms with Crippen LogP contribution in [0.2, 0.25) is 0 Å². The number of rotatable bonds is 6. The monoisotopic (exact) mass is 317 g/mol. The molecule has 23 heavy (non-hydrogen) atoms. The Morgan fingerprint density at radius 3 is 2.83 bits per heavy atom. The maximum atomic E-state index is 12.2. The minimum absolute atomic E-state index is 0.172. The number of likely N-dealkylation sites (N-methyl/N-ethyl adjacent to an activating group) is 1. The lowest BCUT2D eigenvalue weighted by atomic mass is 10.2. The molecule has 0 unspecified atom stereocenters. The molecule has 2 rings (SSSR count). The van der Waals surface area contributed by atoms with Crippen molar-refractivity contribution >= 4 is 6.03 Å². The van der Waals surface area contributed by atoms with Gasteiger partial charge in [0, 0.05) is 14.1 Å². The number of carbonyl (C=O) groups excluding carboxylic acids is 1. The van der Waals surface area contributed by atoms with Gasteiger partial charge in [-0.25, -0.2) is 4.79 Å². The Kier molecular flexibility index (Phi) is 5.56.